The van der Waals surface area contributed by atoms with E-state index in [1.54, 1.807) is 12.0 Å². The molecule has 0 saturated heterocycles. The average molecular weight is 306 g/mol. The molecule has 2 amide bonds. The van der Waals surface area contributed by atoms with Crippen molar-refractivity contribution >= 4 is 11.8 Å². The maximum atomic E-state index is 12.6. The second-order valence-electron chi connectivity index (χ2n) is 5.53. The number of ether oxygens (including phenoxy) is 1. The summed E-state index contributed by atoms with van der Waals surface area (Å²) < 4.78 is 4.99. The van der Waals surface area contributed by atoms with E-state index >= 15 is 0 Å². The molecule has 0 aliphatic heterocycles. The van der Waals surface area contributed by atoms with E-state index in [1.165, 1.54) is 11.8 Å². The van der Waals surface area contributed by atoms with E-state index in [9.17, 15) is 9.59 Å². The first-order chi connectivity index (χ1) is 10.5. The predicted octanol–water partition coefficient (Wildman–Crippen LogP) is 1.92. The fourth-order valence-electron chi connectivity index (χ4n) is 2.14. The lowest BCUT2D eigenvalue weighted by Crippen LogP contribution is -2.45. The monoisotopic (exact) mass is 306 g/mol. The van der Waals surface area contributed by atoms with Gasteiger partial charge >= 0.3 is 0 Å². The fourth-order valence-corrected chi connectivity index (χ4v) is 2.14. The largest absolute Gasteiger partial charge is 0.383 e. The van der Waals surface area contributed by atoms with Gasteiger partial charge in [0.1, 0.15) is 0 Å². The third kappa shape index (κ3) is 5.85. The number of carbonyl (C=O) groups is 2. The standard InChI is InChI=1S/C17H26N2O3/c1-14(2)19(12-16-8-6-5-7-9-16)17(21)13-18(15(3)20)10-11-22-4/h5-9,14H,10-13H2,1-4H3. The van der Waals surface area contributed by atoms with Gasteiger partial charge in [-0.2, -0.15) is 0 Å². The van der Waals surface area contributed by atoms with Crippen LogP contribution in [-0.4, -0.2) is 54.5 Å². The molecule has 1 aromatic carbocycles. The molecule has 0 saturated carbocycles. The highest BCUT2D eigenvalue weighted by Gasteiger charge is 2.21. The number of methoxy groups -OCH3 is 1. The molecule has 1 rings (SSSR count). The molecule has 5 heteroatoms. The third-order valence-corrected chi connectivity index (χ3v) is 3.48. The highest BCUT2D eigenvalue weighted by molar-refractivity contribution is 5.84. The Morgan fingerprint density at radius 2 is 1.82 bits per heavy atom. The molecule has 22 heavy (non-hydrogen) atoms. The van der Waals surface area contributed by atoms with Gasteiger partial charge in [0.25, 0.3) is 0 Å². The molecule has 0 aromatic heterocycles. The first kappa shape index (κ1) is 18.2. The minimum atomic E-state index is -0.117. The summed E-state index contributed by atoms with van der Waals surface area (Å²) >= 11 is 0. The predicted molar refractivity (Wildman–Crippen MR) is 86.3 cm³/mol. The van der Waals surface area contributed by atoms with Crippen LogP contribution >= 0.6 is 0 Å². The Bertz CT molecular complexity index is 474. The zero-order valence-electron chi connectivity index (χ0n) is 13.9. The number of hydrogen-bond donors (Lipinski definition) is 0. The third-order valence-electron chi connectivity index (χ3n) is 3.48. The first-order valence-corrected chi connectivity index (χ1v) is 7.53. The Morgan fingerprint density at radius 3 is 2.32 bits per heavy atom. The minimum Gasteiger partial charge on any atom is -0.383 e. The van der Waals surface area contributed by atoms with Gasteiger partial charge in [0.05, 0.1) is 13.2 Å². The van der Waals surface area contributed by atoms with Crippen LogP contribution < -0.4 is 0 Å². The van der Waals surface area contributed by atoms with Gasteiger partial charge in [-0.05, 0) is 19.4 Å². The summed E-state index contributed by atoms with van der Waals surface area (Å²) in [6.07, 6.45) is 0. The lowest BCUT2D eigenvalue weighted by molar-refractivity contribution is -0.141. The molecule has 0 bridgehead atoms. The van der Waals surface area contributed by atoms with Gasteiger partial charge < -0.3 is 14.5 Å². The minimum absolute atomic E-state index is 0.0508. The van der Waals surface area contributed by atoms with Gasteiger partial charge in [-0.1, -0.05) is 30.3 Å². The van der Waals surface area contributed by atoms with Crippen LogP contribution in [0.1, 0.15) is 26.3 Å². The van der Waals surface area contributed by atoms with Gasteiger partial charge in [0, 0.05) is 33.2 Å². The van der Waals surface area contributed by atoms with Crippen LogP contribution in [0.5, 0.6) is 0 Å². The molecule has 0 radical (unpaired) electrons. The van der Waals surface area contributed by atoms with E-state index in [1.807, 2.05) is 44.2 Å². The van der Waals surface area contributed by atoms with Crippen LogP contribution in [0.15, 0.2) is 30.3 Å². The normalized spacial score (nSPS) is 10.6. The van der Waals surface area contributed by atoms with Gasteiger partial charge in [-0.3, -0.25) is 9.59 Å². The molecule has 0 aliphatic carbocycles. The summed E-state index contributed by atoms with van der Waals surface area (Å²) in [6.45, 7) is 6.92. The highest BCUT2D eigenvalue weighted by Crippen LogP contribution is 2.09. The van der Waals surface area contributed by atoms with Gasteiger partial charge in [-0.25, -0.2) is 0 Å². The zero-order chi connectivity index (χ0) is 16.5. The number of carbonyl (C=O) groups excluding carboxylic acids is 2. The second kappa shape index (κ2) is 9.20. The smallest absolute Gasteiger partial charge is 0.242 e. The van der Waals surface area contributed by atoms with Crippen LogP contribution in [0, 0.1) is 0 Å². The number of benzene rings is 1. The first-order valence-electron chi connectivity index (χ1n) is 7.53. The van der Waals surface area contributed by atoms with E-state index < -0.39 is 0 Å². The number of nitrogens with zero attached hydrogens (tertiary/aromatic N) is 2. The molecule has 0 N–H and O–H groups in total. The summed E-state index contributed by atoms with van der Waals surface area (Å²) in [6, 6.07) is 9.93. The lowest BCUT2D eigenvalue weighted by Gasteiger charge is -2.30. The summed E-state index contributed by atoms with van der Waals surface area (Å²) in [7, 11) is 1.58. The number of hydrogen-bond acceptors (Lipinski definition) is 3. The molecular weight excluding hydrogens is 280 g/mol. The molecule has 122 valence electrons. The van der Waals surface area contributed by atoms with Crippen LogP contribution in [0.25, 0.3) is 0 Å². The molecule has 0 fully saturated rings. The second-order valence-corrected chi connectivity index (χ2v) is 5.53. The van der Waals surface area contributed by atoms with Crippen LogP contribution in [0.4, 0.5) is 0 Å². The van der Waals surface area contributed by atoms with Crippen molar-refractivity contribution in [2.45, 2.75) is 33.4 Å². The number of amides is 2. The number of rotatable bonds is 8. The zero-order valence-corrected chi connectivity index (χ0v) is 13.9. The van der Waals surface area contributed by atoms with E-state index in [-0.39, 0.29) is 24.4 Å². The molecular formula is C17H26N2O3. The topological polar surface area (TPSA) is 49.9 Å². The SMILES string of the molecule is COCCN(CC(=O)N(Cc1ccccc1)C(C)C)C(C)=O. The van der Waals surface area contributed by atoms with E-state index in [4.69, 9.17) is 4.74 Å². The van der Waals surface area contributed by atoms with Crippen LogP contribution in [0.3, 0.4) is 0 Å². The van der Waals surface area contributed by atoms with Crippen molar-refractivity contribution in [2.24, 2.45) is 0 Å². The van der Waals surface area contributed by atoms with Gasteiger partial charge in [-0.15, -0.1) is 0 Å². The average Bonchev–Trinajstić information content (AvgIpc) is 2.49. The van der Waals surface area contributed by atoms with E-state index in [0.29, 0.717) is 19.7 Å². The van der Waals surface area contributed by atoms with Crippen molar-refractivity contribution in [2.75, 3.05) is 26.8 Å². The highest BCUT2D eigenvalue weighted by atomic mass is 16.5. The van der Waals surface area contributed by atoms with Crippen molar-refractivity contribution < 1.29 is 14.3 Å². The van der Waals surface area contributed by atoms with Crippen molar-refractivity contribution in [3.05, 3.63) is 35.9 Å². The van der Waals surface area contributed by atoms with Crippen molar-refractivity contribution in [1.82, 2.24) is 9.80 Å². The quantitative estimate of drug-likeness (QED) is 0.737. The maximum absolute atomic E-state index is 12.6. The molecule has 0 atom stereocenters. The molecule has 0 unspecified atom stereocenters. The fraction of sp³-hybridized carbons (Fsp3) is 0.529. The maximum Gasteiger partial charge on any atom is 0.242 e. The molecule has 1 aromatic rings. The molecule has 0 heterocycles. The van der Waals surface area contributed by atoms with Crippen LogP contribution in [-0.2, 0) is 20.9 Å². The lowest BCUT2D eigenvalue weighted by atomic mass is 10.2. The summed E-state index contributed by atoms with van der Waals surface area (Å²) in [4.78, 5) is 27.5. The summed E-state index contributed by atoms with van der Waals surface area (Å²) in [5.74, 6) is -0.168. The van der Waals surface area contributed by atoms with Gasteiger partial charge in [0.15, 0.2) is 0 Å². The van der Waals surface area contributed by atoms with Crippen molar-refractivity contribution in [1.29, 1.82) is 0 Å². The van der Waals surface area contributed by atoms with Crippen molar-refractivity contribution in [3.63, 3.8) is 0 Å². The Kier molecular flexibility index (Phi) is 7.60. The van der Waals surface area contributed by atoms with Crippen LogP contribution in [0.2, 0.25) is 0 Å². The van der Waals surface area contributed by atoms with Gasteiger partial charge in [0.2, 0.25) is 11.8 Å². The molecule has 0 aliphatic rings. The Hall–Kier alpha value is -1.88. The molecule has 0 spiro atoms. The Labute approximate surface area is 132 Å². The Morgan fingerprint density at radius 1 is 1.18 bits per heavy atom. The summed E-state index contributed by atoms with van der Waals surface area (Å²) in [5.41, 5.74) is 1.08. The molecule has 5 nitrogen and oxygen atoms in total. The van der Waals surface area contributed by atoms with Crippen molar-refractivity contribution in [3.8, 4) is 0 Å². The summed E-state index contributed by atoms with van der Waals surface area (Å²) in [5, 5.41) is 0. The van der Waals surface area contributed by atoms with E-state index in [0.717, 1.165) is 5.56 Å². The van der Waals surface area contributed by atoms with E-state index in [2.05, 4.69) is 0 Å². The Balaban J connectivity index is 2.73.